The molecule has 1 aromatic carbocycles. The molecule has 1 N–H and O–H groups in total. The van der Waals surface area contributed by atoms with E-state index in [-0.39, 0.29) is 6.10 Å². The zero-order valence-electron chi connectivity index (χ0n) is 11.2. The normalized spacial score (nSPS) is 20.3. The van der Waals surface area contributed by atoms with Gasteiger partial charge in [0, 0.05) is 18.1 Å². The monoisotopic (exact) mass is 267 g/mol. The third kappa shape index (κ3) is 3.05. The van der Waals surface area contributed by atoms with E-state index < -0.39 is 0 Å². The predicted octanol–water partition coefficient (Wildman–Crippen LogP) is 3.90. The van der Waals surface area contributed by atoms with Crippen molar-refractivity contribution in [2.75, 3.05) is 19.7 Å². The second-order valence-electron chi connectivity index (χ2n) is 4.86. The van der Waals surface area contributed by atoms with Crippen molar-refractivity contribution in [2.45, 2.75) is 38.7 Å². The summed E-state index contributed by atoms with van der Waals surface area (Å²) >= 11 is 6.42. The molecule has 1 unspecified atom stereocenters. The van der Waals surface area contributed by atoms with Gasteiger partial charge >= 0.3 is 0 Å². The maximum absolute atomic E-state index is 6.42. The van der Waals surface area contributed by atoms with E-state index in [2.05, 4.69) is 37.4 Å². The van der Waals surface area contributed by atoms with Crippen molar-refractivity contribution in [2.24, 2.45) is 0 Å². The Hall–Kier alpha value is -0.570. The topological polar surface area (TPSA) is 21.3 Å². The Labute approximate surface area is 115 Å². The lowest BCUT2D eigenvalue weighted by molar-refractivity contribution is 0.0277. The van der Waals surface area contributed by atoms with E-state index in [1.807, 2.05) is 0 Å². The van der Waals surface area contributed by atoms with Crippen LogP contribution in [0.5, 0.6) is 0 Å². The van der Waals surface area contributed by atoms with Gasteiger partial charge in [0.2, 0.25) is 0 Å². The fourth-order valence-corrected chi connectivity index (χ4v) is 2.93. The first kappa shape index (κ1) is 13.9. The molecule has 0 bridgehead atoms. The van der Waals surface area contributed by atoms with E-state index in [4.69, 9.17) is 16.3 Å². The van der Waals surface area contributed by atoms with Crippen LogP contribution >= 0.6 is 11.6 Å². The fourth-order valence-electron chi connectivity index (χ4n) is 2.58. The van der Waals surface area contributed by atoms with Gasteiger partial charge in [-0.1, -0.05) is 37.6 Å². The van der Waals surface area contributed by atoms with Gasteiger partial charge in [-0.2, -0.15) is 0 Å². The lowest BCUT2D eigenvalue weighted by Gasteiger charge is -2.25. The largest absolute Gasteiger partial charge is 0.371 e. The van der Waals surface area contributed by atoms with Crippen molar-refractivity contribution >= 4 is 11.6 Å². The second-order valence-corrected chi connectivity index (χ2v) is 5.27. The van der Waals surface area contributed by atoms with Crippen LogP contribution in [0.4, 0.5) is 0 Å². The Morgan fingerprint density at radius 1 is 1.39 bits per heavy atom. The van der Waals surface area contributed by atoms with Crippen LogP contribution < -0.4 is 5.32 Å². The minimum atomic E-state index is 0.145. The minimum absolute atomic E-state index is 0.145. The van der Waals surface area contributed by atoms with Gasteiger partial charge in [-0.05, 0) is 36.0 Å². The Morgan fingerprint density at radius 3 is 2.72 bits per heavy atom. The van der Waals surface area contributed by atoms with Gasteiger partial charge in [0.05, 0.1) is 12.7 Å². The summed E-state index contributed by atoms with van der Waals surface area (Å²) in [6.45, 7) is 7.02. The standard InChI is InChI=1S/C15H22ClNO/c1-3-11(4-2)13-6-5-12(9-14(13)16)15-10-17-7-8-18-15/h5-6,9,11,15,17H,3-4,7-8,10H2,1-2H3. The molecular formula is C15H22ClNO. The molecule has 1 atom stereocenters. The van der Waals surface area contributed by atoms with E-state index in [1.54, 1.807) is 0 Å². The highest BCUT2D eigenvalue weighted by molar-refractivity contribution is 6.31. The highest BCUT2D eigenvalue weighted by Crippen LogP contribution is 2.32. The average Bonchev–Trinajstić information content (AvgIpc) is 2.43. The molecule has 2 nitrogen and oxygen atoms in total. The number of hydrogen-bond donors (Lipinski definition) is 1. The van der Waals surface area contributed by atoms with Gasteiger partial charge in [0.25, 0.3) is 0 Å². The van der Waals surface area contributed by atoms with Crippen LogP contribution in [0.15, 0.2) is 18.2 Å². The van der Waals surface area contributed by atoms with Crippen LogP contribution in [-0.2, 0) is 4.74 Å². The van der Waals surface area contributed by atoms with Crippen LogP contribution in [0.25, 0.3) is 0 Å². The molecule has 0 amide bonds. The summed E-state index contributed by atoms with van der Waals surface area (Å²) in [5, 5.41) is 4.23. The van der Waals surface area contributed by atoms with Crippen molar-refractivity contribution in [1.82, 2.24) is 5.32 Å². The molecule has 18 heavy (non-hydrogen) atoms. The highest BCUT2D eigenvalue weighted by atomic mass is 35.5. The Kier molecular flexibility index (Phi) is 5.04. The molecule has 0 aromatic heterocycles. The molecule has 2 rings (SSSR count). The van der Waals surface area contributed by atoms with E-state index in [0.29, 0.717) is 5.92 Å². The van der Waals surface area contributed by atoms with Crippen LogP contribution in [0.1, 0.15) is 49.8 Å². The lowest BCUT2D eigenvalue weighted by Crippen LogP contribution is -2.33. The maximum atomic E-state index is 6.42. The molecule has 0 saturated carbocycles. The van der Waals surface area contributed by atoms with Crippen LogP contribution in [0.2, 0.25) is 5.02 Å². The van der Waals surface area contributed by atoms with Crippen molar-refractivity contribution in [3.8, 4) is 0 Å². The van der Waals surface area contributed by atoms with E-state index in [0.717, 1.165) is 37.6 Å². The number of morpholine rings is 1. The third-order valence-corrected chi connectivity index (χ3v) is 4.08. The van der Waals surface area contributed by atoms with Gasteiger partial charge in [-0.3, -0.25) is 0 Å². The first-order valence-corrected chi connectivity index (χ1v) is 7.25. The number of ether oxygens (including phenoxy) is 1. The molecule has 1 aliphatic rings. The van der Waals surface area contributed by atoms with Gasteiger partial charge in [-0.25, -0.2) is 0 Å². The molecule has 100 valence electrons. The summed E-state index contributed by atoms with van der Waals surface area (Å²) in [6.07, 6.45) is 2.42. The first-order chi connectivity index (χ1) is 8.76. The quantitative estimate of drug-likeness (QED) is 0.893. The average molecular weight is 268 g/mol. The molecule has 1 fully saturated rings. The Bertz CT molecular complexity index is 384. The van der Waals surface area contributed by atoms with E-state index in [9.17, 15) is 0 Å². The van der Waals surface area contributed by atoms with E-state index >= 15 is 0 Å². The molecule has 3 heteroatoms. The fraction of sp³-hybridized carbons (Fsp3) is 0.600. The number of halogens is 1. The molecule has 1 aliphatic heterocycles. The molecule has 1 saturated heterocycles. The minimum Gasteiger partial charge on any atom is -0.371 e. The van der Waals surface area contributed by atoms with Gasteiger partial charge in [-0.15, -0.1) is 0 Å². The molecule has 0 spiro atoms. The van der Waals surface area contributed by atoms with Gasteiger partial charge < -0.3 is 10.1 Å². The number of benzene rings is 1. The third-order valence-electron chi connectivity index (χ3n) is 3.75. The summed E-state index contributed by atoms with van der Waals surface area (Å²) in [5.74, 6) is 0.567. The smallest absolute Gasteiger partial charge is 0.0950 e. The second kappa shape index (κ2) is 6.55. The molecular weight excluding hydrogens is 246 g/mol. The number of nitrogens with one attached hydrogen (secondary N) is 1. The van der Waals surface area contributed by atoms with E-state index in [1.165, 1.54) is 11.1 Å². The van der Waals surface area contributed by atoms with Crippen LogP contribution in [0, 0.1) is 0 Å². The number of rotatable bonds is 4. The van der Waals surface area contributed by atoms with Crippen molar-refractivity contribution in [3.63, 3.8) is 0 Å². The van der Waals surface area contributed by atoms with Crippen molar-refractivity contribution < 1.29 is 4.74 Å². The van der Waals surface area contributed by atoms with Crippen LogP contribution in [-0.4, -0.2) is 19.7 Å². The predicted molar refractivity (Wildman–Crippen MR) is 76.3 cm³/mol. The molecule has 0 radical (unpaired) electrons. The summed E-state index contributed by atoms with van der Waals surface area (Å²) < 4.78 is 5.75. The summed E-state index contributed by atoms with van der Waals surface area (Å²) in [6, 6.07) is 6.41. The molecule has 0 aliphatic carbocycles. The highest BCUT2D eigenvalue weighted by Gasteiger charge is 2.18. The Morgan fingerprint density at radius 2 is 2.17 bits per heavy atom. The molecule has 1 aromatic rings. The lowest BCUT2D eigenvalue weighted by atomic mass is 9.92. The SMILES string of the molecule is CCC(CC)c1ccc(C2CNCCO2)cc1Cl. The number of hydrogen-bond acceptors (Lipinski definition) is 2. The zero-order chi connectivity index (χ0) is 13.0. The van der Waals surface area contributed by atoms with Gasteiger partial charge in [0.1, 0.15) is 0 Å². The maximum Gasteiger partial charge on any atom is 0.0950 e. The van der Waals surface area contributed by atoms with Crippen LogP contribution in [0.3, 0.4) is 0 Å². The Balaban J connectivity index is 2.18. The summed E-state index contributed by atoms with van der Waals surface area (Å²) in [7, 11) is 0. The summed E-state index contributed by atoms with van der Waals surface area (Å²) in [5.41, 5.74) is 2.45. The summed E-state index contributed by atoms with van der Waals surface area (Å²) in [4.78, 5) is 0. The zero-order valence-corrected chi connectivity index (χ0v) is 12.0. The van der Waals surface area contributed by atoms with Crippen molar-refractivity contribution in [1.29, 1.82) is 0 Å². The van der Waals surface area contributed by atoms with Crippen molar-refractivity contribution in [3.05, 3.63) is 34.3 Å². The van der Waals surface area contributed by atoms with Gasteiger partial charge in [0.15, 0.2) is 0 Å². The molecule has 1 heterocycles. The first-order valence-electron chi connectivity index (χ1n) is 6.87.